The summed E-state index contributed by atoms with van der Waals surface area (Å²) in [6.07, 6.45) is 4.28. The summed E-state index contributed by atoms with van der Waals surface area (Å²) >= 11 is 0. The molecule has 0 spiro atoms. The zero-order valence-corrected chi connectivity index (χ0v) is 6.78. The van der Waals surface area contributed by atoms with Gasteiger partial charge in [-0.1, -0.05) is 0 Å². The fourth-order valence-electron chi connectivity index (χ4n) is 0.996. The van der Waals surface area contributed by atoms with Crippen molar-refractivity contribution in [1.29, 1.82) is 0 Å². The van der Waals surface area contributed by atoms with Gasteiger partial charge in [0.2, 0.25) is 5.88 Å². The van der Waals surface area contributed by atoms with Crippen LogP contribution in [0.5, 0.6) is 5.88 Å². The third-order valence-corrected chi connectivity index (χ3v) is 1.93. The van der Waals surface area contributed by atoms with Crippen molar-refractivity contribution in [3.63, 3.8) is 0 Å². The lowest BCUT2D eigenvalue weighted by Gasteiger charge is -2.02. The minimum Gasteiger partial charge on any atom is -0.476 e. The highest BCUT2D eigenvalue weighted by atomic mass is 19.3. The molecule has 0 aromatic carbocycles. The molecule has 13 heavy (non-hydrogen) atoms. The molecule has 0 radical (unpaired) electrons. The lowest BCUT2D eigenvalue weighted by Crippen LogP contribution is -2.06. The Morgan fingerprint density at radius 2 is 2.31 bits per heavy atom. The normalized spacial score (nSPS) is 24.0. The van der Waals surface area contributed by atoms with Gasteiger partial charge in [0.25, 0.3) is 5.92 Å². The third kappa shape index (κ3) is 1.91. The van der Waals surface area contributed by atoms with Crippen LogP contribution in [0.25, 0.3) is 0 Å². The second kappa shape index (κ2) is 2.90. The Balaban J connectivity index is 1.82. The summed E-state index contributed by atoms with van der Waals surface area (Å²) in [6.45, 7) is 0.0195. The number of hydrogen-bond acceptors (Lipinski definition) is 3. The van der Waals surface area contributed by atoms with Gasteiger partial charge in [0.05, 0.1) is 18.7 Å². The van der Waals surface area contributed by atoms with E-state index in [4.69, 9.17) is 4.74 Å². The van der Waals surface area contributed by atoms with Gasteiger partial charge in [-0.2, -0.15) is 0 Å². The Hall–Kier alpha value is -1.26. The van der Waals surface area contributed by atoms with Gasteiger partial charge in [0.1, 0.15) is 0 Å². The molecule has 1 heterocycles. The summed E-state index contributed by atoms with van der Waals surface area (Å²) in [7, 11) is 0. The van der Waals surface area contributed by atoms with Crippen LogP contribution in [-0.4, -0.2) is 22.5 Å². The molecule has 1 aliphatic carbocycles. The van der Waals surface area contributed by atoms with Crippen molar-refractivity contribution in [3.05, 3.63) is 18.6 Å². The average Bonchev–Trinajstić information content (AvgIpc) is 2.73. The molecule has 0 bridgehead atoms. The van der Waals surface area contributed by atoms with Gasteiger partial charge in [-0.05, 0) is 0 Å². The molecule has 5 heteroatoms. The molecule has 1 atom stereocenters. The summed E-state index contributed by atoms with van der Waals surface area (Å²) in [5, 5.41) is 0. The molecular weight excluding hydrogens is 178 g/mol. The average molecular weight is 186 g/mol. The minimum absolute atomic E-state index is 0.0195. The molecule has 0 aliphatic heterocycles. The van der Waals surface area contributed by atoms with Gasteiger partial charge in [-0.3, -0.25) is 4.98 Å². The maximum Gasteiger partial charge on any atom is 0.255 e. The van der Waals surface area contributed by atoms with Crippen molar-refractivity contribution in [3.8, 4) is 5.88 Å². The lowest BCUT2D eigenvalue weighted by molar-refractivity contribution is 0.0849. The number of nitrogens with zero attached hydrogens (tertiary/aromatic N) is 2. The van der Waals surface area contributed by atoms with Crippen LogP contribution in [0.2, 0.25) is 0 Å². The number of hydrogen-bond donors (Lipinski definition) is 0. The summed E-state index contributed by atoms with van der Waals surface area (Å²) < 4.78 is 29.8. The van der Waals surface area contributed by atoms with Crippen molar-refractivity contribution in [2.75, 3.05) is 6.61 Å². The van der Waals surface area contributed by atoms with Gasteiger partial charge in [-0.25, -0.2) is 13.8 Å². The summed E-state index contributed by atoms with van der Waals surface area (Å²) in [4.78, 5) is 7.54. The lowest BCUT2D eigenvalue weighted by atomic mass is 10.4. The van der Waals surface area contributed by atoms with Crippen LogP contribution in [0, 0.1) is 5.92 Å². The Kier molecular flexibility index (Phi) is 1.86. The monoisotopic (exact) mass is 186 g/mol. The van der Waals surface area contributed by atoms with Gasteiger partial charge in [0.15, 0.2) is 0 Å². The Morgan fingerprint density at radius 3 is 2.85 bits per heavy atom. The first-order chi connectivity index (χ1) is 6.18. The first kappa shape index (κ1) is 8.34. The molecule has 1 saturated carbocycles. The van der Waals surface area contributed by atoms with E-state index in [1.807, 2.05) is 0 Å². The van der Waals surface area contributed by atoms with Crippen molar-refractivity contribution in [1.82, 2.24) is 9.97 Å². The predicted molar refractivity (Wildman–Crippen MR) is 40.6 cm³/mol. The van der Waals surface area contributed by atoms with Crippen molar-refractivity contribution in [2.24, 2.45) is 5.92 Å². The van der Waals surface area contributed by atoms with Gasteiger partial charge in [-0.15, -0.1) is 0 Å². The van der Waals surface area contributed by atoms with Crippen LogP contribution >= 0.6 is 0 Å². The van der Waals surface area contributed by atoms with Crippen molar-refractivity contribution < 1.29 is 13.5 Å². The molecular formula is C8H8F2N2O. The van der Waals surface area contributed by atoms with Gasteiger partial charge >= 0.3 is 0 Å². The molecule has 0 saturated heterocycles. The zero-order valence-electron chi connectivity index (χ0n) is 6.78. The molecule has 1 aromatic heterocycles. The Labute approximate surface area is 73.8 Å². The molecule has 1 fully saturated rings. The highest BCUT2D eigenvalue weighted by molar-refractivity contribution is 5.03. The van der Waals surface area contributed by atoms with E-state index in [2.05, 4.69) is 9.97 Å². The number of rotatable bonds is 3. The maximum absolute atomic E-state index is 12.4. The molecule has 3 nitrogen and oxygen atoms in total. The smallest absolute Gasteiger partial charge is 0.255 e. The highest BCUT2D eigenvalue weighted by Gasteiger charge is 2.57. The number of alkyl halides is 2. The molecule has 1 aromatic rings. The molecule has 0 N–H and O–H groups in total. The van der Waals surface area contributed by atoms with Crippen LogP contribution < -0.4 is 4.74 Å². The standard InChI is InChI=1S/C8H8F2N2O/c9-8(10)3-6(8)5-13-7-4-11-1-2-12-7/h1-2,4,6H,3,5H2/t6-/m0/s1. The van der Waals surface area contributed by atoms with Gasteiger partial charge < -0.3 is 4.74 Å². The largest absolute Gasteiger partial charge is 0.476 e. The third-order valence-electron chi connectivity index (χ3n) is 1.93. The Morgan fingerprint density at radius 1 is 1.54 bits per heavy atom. The SMILES string of the molecule is FC1(F)C[C@H]1COc1cnccn1. The number of aromatic nitrogens is 2. The van der Waals surface area contributed by atoms with Crippen LogP contribution in [0.15, 0.2) is 18.6 Å². The van der Waals surface area contributed by atoms with E-state index in [1.165, 1.54) is 18.6 Å². The second-order valence-electron chi connectivity index (χ2n) is 3.02. The summed E-state index contributed by atoms with van der Waals surface area (Å²) in [6, 6.07) is 0. The Bertz CT molecular complexity index is 291. The quantitative estimate of drug-likeness (QED) is 0.717. The van der Waals surface area contributed by atoms with E-state index in [9.17, 15) is 8.78 Å². The van der Waals surface area contributed by atoms with E-state index >= 15 is 0 Å². The first-order valence-corrected chi connectivity index (χ1v) is 3.95. The molecule has 70 valence electrons. The number of ether oxygens (including phenoxy) is 1. The van der Waals surface area contributed by atoms with Crippen LogP contribution in [0.4, 0.5) is 8.78 Å². The second-order valence-corrected chi connectivity index (χ2v) is 3.02. The first-order valence-electron chi connectivity index (χ1n) is 3.95. The fourth-order valence-corrected chi connectivity index (χ4v) is 0.996. The number of halogens is 2. The van der Waals surface area contributed by atoms with E-state index in [-0.39, 0.29) is 13.0 Å². The van der Waals surface area contributed by atoms with Crippen LogP contribution in [0.3, 0.4) is 0 Å². The fraction of sp³-hybridized carbons (Fsp3) is 0.500. The predicted octanol–water partition coefficient (Wildman–Crippen LogP) is 1.51. The van der Waals surface area contributed by atoms with Crippen LogP contribution in [-0.2, 0) is 0 Å². The van der Waals surface area contributed by atoms with Crippen LogP contribution in [0.1, 0.15) is 6.42 Å². The van der Waals surface area contributed by atoms with Crippen molar-refractivity contribution in [2.45, 2.75) is 12.3 Å². The van der Waals surface area contributed by atoms with Gasteiger partial charge in [0, 0.05) is 18.8 Å². The zero-order chi connectivity index (χ0) is 9.31. The molecule has 0 unspecified atom stereocenters. The summed E-state index contributed by atoms with van der Waals surface area (Å²) in [5.41, 5.74) is 0. The minimum atomic E-state index is -2.53. The van der Waals surface area contributed by atoms with E-state index in [1.54, 1.807) is 0 Å². The molecule has 2 rings (SSSR count). The summed E-state index contributed by atoms with van der Waals surface area (Å²) in [5.74, 6) is -2.87. The molecule has 1 aliphatic rings. The van der Waals surface area contributed by atoms with E-state index < -0.39 is 11.8 Å². The highest BCUT2D eigenvalue weighted by Crippen LogP contribution is 2.48. The van der Waals surface area contributed by atoms with E-state index in [0.717, 1.165) is 0 Å². The topological polar surface area (TPSA) is 35.0 Å². The van der Waals surface area contributed by atoms with E-state index in [0.29, 0.717) is 5.88 Å². The molecule has 0 amide bonds. The maximum atomic E-state index is 12.4. The van der Waals surface area contributed by atoms with Crippen molar-refractivity contribution >= 4 is 0 Å².